The lowest BCUT2D eigenvalue weighted by Crippen LogP contribution is -2.43. The van der Waals surface area contributed by atoms with Crippen molar-refractivity contribution in [2.75, 3.05) is 20.2 Å². The van der Waals surface area contributed by atoms with Gasteiger partial charge in [0.25, 0.3) is 11.5 Å². The fraction of sp³-hybridized carbons (Fsp3) is 0.225. The molecule has 1 aliphatic rings. The van der Waals surface area contributed by atoms with Gasteiger partial charge in [0.1, 0.15) is 11.8 Å². The van der Waals surface area contributed by atoms with Crippen molar-refractivity contribution >= 4 is 56.6 Å². The van der Waals surface area contributed by atoms with Crippen molar-refractivity contribution in [2.45, 2.75) is 40.3 Å². The highest BCUT2D eigenvalue weighted by Gasteiger charge is 2.36. The van der Waals surface area contributed by atoms with Gasteiger partial charge in [-0.25, -0.2) is 4.99 Å². The average molecular weight is 689 g/mol. The Morgan fingerprint density at radius 3 is 2.37 bits per heavy atom. The SMILES string of the molecule is CCN(CC)C(=O)C1=C(C)N=c2s/c(=C/c3c(C)n(Cc4ccc(Cl)cc4)c4ccccc34)c(=O)n2[C@H]1c1c(OC)ccc2ccccc12. The molecule has 0 bridgehead atoms. The highest BCUT2D eigenvalue weighted by Crippen LogP contribution is 2.40. The lowest BCUT2D eigenvalue weighted by atomic mass is 9.90. The highest BCUT2D eigenvalue weighted by atomic mass is 35.5. The quantitative estimate of drug-likeness (QED) is 0.170. The van der Waals surface area contributed by atoms with Gasteiger partial charge in [0.15, 0.2) is 4.80 Å². The maximum atomic E-state index is 14.8. The molecular formula is C40H37ClN4O3S. The first-order valence-electron chi connectivity index (χ1n) is 16.4. The molecule has 0 unspecified atom stereocenters. The number of amides is 1. The van der Waals surface area contributed by atoms with Gasteiger partial charge in [0, 0.05) is 52.4 Å². The van der Waals surface area contributed by atoms with Gasteiger partial charge in [0.2, 0.25) is 0 Å². The molecule has 0 saturated carbocycles. The molecule has 0 fully saturated rings. The molecule has 0 aliphatic carbocycles. The Morgan fingerprint density at radius 2 is 1.65 bits per heavy atom. The molecule has 7 rings (SSSR count). The first kappa shape index (κ1) is 32.6. The molecule has 2 aromatic heterocycles. The minimum absolute atomic E-state index is 0.137. The van der Waals surface area contributed by atoms with Gasteiger partial charge in [0.05, 0.1) is 22.9 Å². The van der Waals surface area contributed by atoms with Crippen LogP contribution in [0.25, 0.3) is 27.8 Å². The monoisotopic (exact) mass is 688 g/mol. The van der Waals surface area contributed by atoms with Crippen LogP contribution in [0.15, 0.2) is 106 Å². The largest absolute Gasteiger partial charge is 0.496 e. The molecule has 3 heterocycles. The molecule has 0 saturated heterocycles. The number of methoxy groups -OCH3 is 1. The minimum Gasteiger partial charge on any atom is -0.496 e. The van der Waals surface area contributed by atoms with Crippen molar-refractivity contribution in [3.8, 4) is 5.75 Å². The molecule has 49 heavy (non-hydrogen) atoms. The second kappa shape index (κ2) is 13.2. The number of thiazole rings is 1. The maximum absolute atomic E-state index is 14.8. The van der Waals surface area contributed by atoms with E-state index in [2.05, 4.69) is 23.6 Å². The summed E-state index contributed by atoms with van der Waals surface area (Å²) in [5.41, 5.74) is 5.88. The number of likely N-dealkylation sites (N-methyl/N-ethyl adjacent to an activating group) is 1. The Labute approximate surface area is 293 Å². The van der Waals surface area contributed by atoms with Crippen LogP contribution in [0.2, 0.25) is 5.02 Å². The summed E-state index contributed by atoms with van der Waals surface area (Å²) in [5, 5.41) is 3.67. The van der Waals surface area contributed by atoms with E-state index >= 15 is 0 Å². The molecule has 248 valence electrons. The van der Waals surface area contributed by atoms with E-state index in [1.165, 1.54) is 11.3 Å². The van der Waals surface area contributed by atoms with Crippen LogP contribution >= 0.6 is 22.9 Å². The van der Waals surface area contributed by atoms with Crippen LogP contribution in [0.1, 0.15) is 49.2 Å². The number of rotatable bonds is 8. The van der Waals surface area contributed by atoms with Crippen molar-refractivity contribution in [1.29, 1.82) is 0 Å². The molecule has 6 aromatic rings. The molecule has 7 nitrogen and oxygen atoms in total. The van der Waals surface area contributed by atoms with E-state index in [1.807, 2.05) is 99.6 Å². The van der Waals surface area contributed by atoms with E-state index in [0.29, 0.717) is 51.0 Å². The third-order valence-electron chi connectivity index (χ3n) is 9.54. The fourth-order valence-electron chi connectivity index (χ4n) is 7.03. The predicted octanol–water partition coefficient (Wildman–Crippen LogP) is 7.23. The van der Waals surface area contributed by atoms with Gasteiger partial charge in [-0.3, -0.25) is 14.2 Å². The molecule has 0 radical (unpaired) electrons. The van der Waals surface area contributed by atoms with Crippen molar-refractivity contribution < 1.29 is 9.53 Å². The van der Waals surface area contributed by atoms with Gasteiger partial charge in [-0.2, -0.15) is 0 Å². The number of nitrogens with zero attached hydrogens (tertiary/aromatic N) is 4. The first-order valence-corrected chi connectivity index (χ1v) is 17.6. The molecule has 1 atom stereocenters. The van der Waals surface area contributed by atoms with Crippen LogP contribution in [0.3, 0.4) is 0 Å². The van der Waals surface area contributed by atoms with Crippen molar-refractivity contribution in [3.63, 3.8) is 0 Å². The number of aromatic nitrogens is 2. The second-order valence-electron chi connectivity index (χ2n) is 12.2. The molecule has 0 N–H and O–H groups in total. The molecular weight excluding hydrogens is 652 g/mol. The zero-order valence-corrected chi connectivity index (χ0v) is 29.7. The van der Waals surface area contributed by atoms with Crippen LogP contribution in [0, 0.1) is 6.92 Å². The van der Waals surface area contributed by atoms with Crippen molar-refractivity contribution in [2.24, 2.45) is 4.99 Å². The van der Waals surface area contributed by atoms with E-state index in [0.717, 1.165) is 44.1 Å². The van der Waals surface area contributed by atoms with E-state index in [1.54, 1.807) is 16.6 Å². The summed E-state index contributed by atoms with van der Waals surface area (Å²) in [5.74, 6) is 0.473. The Balaban J connectivity index is 1.48. The Kier molecular flexibility index (Phi) is 8.77. The third kappa shape index (κ3) is 5.59. The summed E-state index contributed by atoms with van der Waals surface area (Å²) in [4.78, 5) is 36.3. The van der Waals surface area contributed by atoms with E-state index in [9.17, 15) is 9.59 Å². The normalized spacial score (nSPS) is 14.7. The molecule has 1 amide bonds. The smallest absolute Gasteiger partial charge is 0.271 e. The van der Waals surface area contributed by atoms with Gasteiger partial charge < -0.3 is 14.2 Å². The van der Waals surface area contributed by atoms with Crippen LogP contribution < -0.4 is 19.6 Å². The maximum Gasteiger partial charge on any atom is 0.271 e. The van der Waals surface area contributed by atoms with Gasteiger partial charge in [-0.15, -0.1) is 0 Å². The molecule has 0 spiro atoms. The zero-order chi connectivity index (χ0) is 34.4. The lowest BCUT2D eigenvalue weighted by Gasteiger charge is -2.30. The summed E-state index contributed by atoms with van der Waals surface area (Å²) in [6.45, 7) is 9.62. The summed E-state index contributed by atoms with van der Waals surface area (Å²) >= 11 is 7.52. The zero-order valence-electron chi connectivity index (χ0n) is 28.2. The number of hydrogen-bond acceptors (Lipinski definition) is 5. The van der Waals surface area contributed by atoms with E-state index < -0.39 is 6.04 Å². The van der Waals surface area contributed by atoms with Gasteiger partial charge in [-0.1, -0.05) is 83.6 Å². The number of benzene rings is 4. The summed E-state index contributed by atoms with van der Waals surface area (Å²) in [6, 6.07) is 27.4. The number of allylic oxidation sites excluding steroid dienone is 1. The Bertz CT molecular complexity index is 2470. The summed E-state index contributed by atoms with van der Waals surface area (Å²) in [7, 11) is 1.63. The number of hydrogen-bond donors (Lipinski definition) is 0. The molecule has 9 heteroatoms. The topological polar surface area (TPSA) is 68.8 Å². The summed E-state index contributed by atoms with van der Waals surface area (Å²) < 4.78 is 10.5. The lowest BCUT2D eigenvalue weighted by molar-refractivity contribution is -0.127. The number of fused-ring (bicyclic) bond motifs is 3. The summed E-state index contributed by atoms with van der Waals surface area (Å²) in [6.07, 6.45) is 1.99. The number of carbonyl (C=O) groups excluding carboxylic acids is 1. The average Bonchev–Trinajstić information content (AvgIpc) is 3.56. The highest BCUT2D eigenvalue weighted by molar-refractivity contribution is 7.07. The van der Waals surface area contributed by atoms with Crippen molar-refractivity contribution in [3.05, 3.63) is 143 Å². The number of para-hydroxylation sites is 1. The van der Waals surface area contributed by atoms with Gasteiger partial charge >= 0.3 is 0 Å². The molecule has 4 aromatic carbocycles. The van der Waals surface area contributed by atoms with Crippen LogP contribution in [-0.2, 0) is 11.3 Å². The number of ether oxygens (including phenoxy) is 1. The third-order valence-corrected chi connectivity index (χ3v) is 10.8. The second-order valence-corrected chi connectivity index (χ2v) is 13.6. The predicted molar refractivity (Wildman–Crippen MR) is 199 cm³/mol. The van der Waals surface area contributed by atoms with Crippen LogP contribution in [0.5, 0.6) is 5.75 Å². The first-order chi connectivity index (χ1) is 23.7. The molecule has 1 aliphatic heterocycles. The Morgan fingerprint density at radius 1 is 0.959 bits per heavy atom. The van der Waals surface area contributed by atoms with E-state index in [-0.39, 0.29) is 11.5 Å². The van der Waals surface area contributed by atoms with Crippen LogP contribution in [0.4, 0.5) is 0 Å². The Hall–Kier alpha value is -4.92. The fourth-order valence-corrected chi connectivity index (χ4v) is 8.19. The van der Waals surface area contributed by atoms with Gasteiger partial charge in [-0.05, 0) is 74.4 Å². The van der Waals surface area contributed by atoms with Crippen molar-refractivity contribution in [1.82, 2.24) is 14.0 Å². The van der Waals surface area contributed by atoms with Crippen LogP contribution in [-0.4, -0.2) is 40.1 Å². The van der Waals surface area contributed by atoms with E-state index in [4.69, 9.17) is 21.3 Å². The number of carbonyl (C=O) groups is 1. The minimum atomic E-state index is -0.736. The number of halogens is 1. The standard InChI is InChI=1S/C40H37ClN4O3S/c1-6-43(7-2)39(47)35-24(3)42-40-45(37(35)36-29-13-9-8-12-27(29)18-21-33(36)48-5)38(46)34(49-40)22-31-25(4)44(32-15-11-10-14-30(31)32)23-26-16-19-28(41)20-17-26/h8-22,37H,6-7,23H2,1-5H3/b34-22+/t37-/m1/s1.